The highest BCUT2D eigenvalue weighted by Crippen LogP contribution is 2.22. The maximum atomic E-state index is 12.3. The third kappa shape index (κ3) is 5.50. The molecule has 2 rings (SSSR count). The van der Waals surface area contributed by atoms with Crippen LogP contribution in [0.4, 0.5) is 0 Å². The lowest BCUT2D eigenvalue weighted by Gasteiger charge is -2.31. The second kappa shape index (κ2) is 8.65. The Morgan fingerprint density at radius 1 is 0.917 bits per heavy atom. The first-order valence-corrected chi connectivity index (χ1v) is 8.48. The van der Waals surface area contributed by atoms with Crippen LogP contribution in [0.5, 0.6) is 0 Å². The molecule has 24 heavy (non-hydrogen) atoms. The summed E-state index contributed by atoms with van der Waals surface area (Å²) in [6.45, 7) is 8.42. The lowest BCUT2D eigenvalue weighted by molar-refractivity contribution is -0.154. The SMILES string of the molecule is CCOC(=O)C(C)(C)CN(Cc1ccccc1)Cc1ccccc1. The van der Waals surface area contributed by atoms with E-state index in [2.05, 4.69) is 29.2 Å². The Kier molecular flexibility index (Phi) is 6.56. The van der Waals surface area contributed by atoms with Crippen molar-refractivity contribution < 1.29 is 9.53 Å². The van der Waals surface area contributed by atoms with Crippen molar-refractivity contribution in [3.8, 4) is 0 Å². The molecule has 0 amide bonds. The lowest BCUT2D eigenvalue weighted by Crippen LogP contribution is -2.39. The molecule has 0 saturated heterocycles. The second-order valence-electron chi connectivity index (χ2n) is 6.72. The topological polar surface area (TPSA) is 29.5 Å². The van der Waals surface area contributed by atoms with E-state index in [1.807, 2.05) is 57.2 Å². The predicted molar refractivity (Wildman–Crippen MR) is 97.4 cm³/mol. The fraction of sp³-hybridized carbons (Fsp3) is 0.381. The van der Waals surface area contributed by atoms with Gasteiger partial charge in [0.15, 0.2) is 0 Å². The highest BCUT2D eigenvalue weighted by molar-refractivity contribution is 5.76. The van der Waals surface area contributed by atoms with Crippen molar-refractivity contribution in [3.05, 3.63) is 71.8 Å². The molecule has 0 aliphatic heterocycles. The van der Waals surface area contributed by atoms with Crippen molar-refractivity contribution in [2.75, 3.05) is 13.2 Å². The smallest absolute Gasteiger partial charge is 0.312 e. The van der Waals surface area contributed by atoms with E-state index in [1.54, 1.807) is 0 Å². The van der Waals surface area contributed by atoms with Crippen LogP contribution in [0.1, 0.15) is 31.9 Å². The third-order valence-corrected chi connectivity index (χ3v) is 3.94. The van der Waals surface area contributed by atoms with Crippen molar-refractivity contribution in [3.63, 3.8) is 0 Å². The first-order chi connectivity index (χ1) is 11.5. The molecule has 0 atom stereocenters. The van der Waals surface area contributed by atoms with Crippen molar-refractivity contribution in [1.29, 1.82) is 0 Å². The molecule has 0 heterocycles. The van der Waals surface area contributed by atoms with Gasteiger partial charge in [0, 0.05) is 19.6 Å². The second-order valence-corrected chi connectivity index (χ2v) is 6.72. The largest absolute Gasteiger partial charge is 0.466 e. The van der Waals surface area contributed by atoms with Gasteiger partial charge in [-0.25, -0.2) is 0 Å². The minimum atomic E-state index is -0.542. The summed E-state index contributed by atoms with van der Waals surface area (Å²) < 4.78 is 5.24. The van der Waals surface area contributed by atoms with Gasteiger partial charge in [-0.1, -0.05) is 60.7 Å². The van der Waals surface area contributed by atoms with E-state index in [1.165, 1.54) is 11.1 Å². The summed E-state index contributed by atoms with van der Waals surface area (Å²) in [7, 11) is 0. The zero-order chi connectivity index (χ0) is 17.4. The number of carbonyl (C=O) groups excluding carboxylic acids is 1. The van der Waals surface area contributed by atoms with Crippen LogP contribution in [0.3, 0.4) is 0 Å². The predicted octanol–water partition coefficient (Wildman–Crippen LogP) is 4.28. The van der Waals surface area contributed by atoms with E-state index in [4.69, 9.17) is 4.74 Å². The average Bonchev–Trinajstić information content (AvgIpc) is 2.56. The molecule has 0 N–H and O–H groups in total. The molecule has 0 aliphatic rings. The summed E-state index contributed by atoms with van der Waals surface area (Å²) in [5.74, 6) is -0.142. The molecule has 3 heteroatoms. The molecular formula is C21H27NO2. The van der Waals surface area contributed by atoms with E-state index in [9.17, 15) is 4.79 Å². The van der Waals surface area contributed by atoms with E-state index in [-0.39, 0.29) is 5.97 Å². The zero-order valence-corrected chi connectivity index (χ0v) is 14.9. The summed E-state index contributed by atoms with van der Waals surface area (Å²) in [6.07, 6.45) is 0. The van der Waals surface area contributed by atoms with Crippen LogP contribution < -0.4 is 0 Å². The number of carbonyl (C=O) groups is 1. The van der Waals surface area contributed by atoms with Crippen LogP contribution in [0.2, 0.25) is 0 Å². The first-order valence-electron chi connectivity index (χ1n) is 8.48. The summed E-state index contributed by atoms with van der Waals surface area (Å²) >= 11 is 0. The summed E-state index contributed by atoms with van der Waals surface area (Å²) in [5, 5.41) is 0. The molecule has 0 spiro atoms. The van der Waals surface area contributed by atoms with Crippen molar-refractivity contribution in [2.24, 2.45) is 5.41 Å². The Bertz CT molecular complexity index is 581. The van der Waals surface area contributed by atoms with Gasteiger partial charge >= 0.3 is 5.97 Å². The first kappa shape index (κ1) is 18.2. The minimum Gasteiger partial charge on any atom is -0.466 e. The van der Waals surface area contributed by atoms with Crippen LogP contribution in [0.15, 0.2) is 60.7 Å². The van der Waals surface area contributed by atoms with E-state index in [0.717, 1.165) is 13.1 Å². The van der Waals surface area contributed by atoms with Gasteiger partial charge in [0.25, 0.3) is 0 Å². The molecule has 2 aromatic rings. The average molecular weight is 325 g/mol. The summed E-state index contributed by atoms with van der Waals surface area (Å²) in [6, 6.07) is 20.7. The van der Waals surface area contributed by atoms with Gasteiger partial charge in [-0.3, -0.25) is 9.69 Å². The van der Waals surface area contributed by atoms with Crippen LogP contribution >= 0.6 is 0 Å². The van der Waals surface area contributed by atoms with Gasteiger partial charge in [-0.05, 0) is 31.9 Å². The van der Waals surface area contributed by atoms with Crippen LogP contribution in [0.25, 0.3) is 0 Å². The third-order valence-electron chi connectivity index (χ3n) is 3.94. The van der Waals surface area contributed by atoms with Crippen LogP contribution in [0, 0.1) is 5.41 Å². The number of esters is 1. The molecule has 0 unspecified atom stereocenters. The van der Waals surface area contributed by atoms with Crippen LogP contribution in [-0.2, 0) is 22.6 Å². The number of hydrogen-bond donors (Lipinski definition) is 0. The molecule has 0 aliphatic carbocycles. The van der Waals surface area contributed by atoms with Gasteiger partial charge in [-0.2, -0.15) is 0 Å². The standard InChI is InChI=1S/C21H27NO2/c1-4-24-20(23)21(2,3)17-22(15-18-11-7-5-8-12-18)16-19-13-9-6-10-14-19/h5-14H,4,15-17H2,1-3H3. The number of rotatable bonds is 8. The molecular weight excluding hydrogens is 298 g/mol. The Labute approximate surface area is 145 Å². The van der Waals surface area contributed by atoms with Crippen molar-refractivity contribution >= 4 is 5.97 Å². The zero-order valence-electron chi connectivity index (χ0n) is 14.9. The molecule has 0 aromatic heterocycles. The monoisotopic (exact) mass is 325 g/mol. The quantitative estimate of drug-likeness (QED) is 0.679. The molecule has 0 bridgehead atoms. The molecule has 2 aromatic carbocycles. The fourth-order valence-electron chi connectivity index (χ4n) is 2.80. The summed E-state index contributed by atoms with van der Waals surface area (Å²) in [5.41, 5.74) is 1.95. The Morgan fingerprint density at radius 2 is 1.38 bits per heavy atom. The highest BCUT2D eigenvalue weighted by Gasteiger charge is 2.31. The minimum absolute atomic E-state index is 0.142. The number of ether oxygens (including phenoxy) is 1. The van der Waals surface area contributed by atoms with Gasteiger partial charge in [-0.15, -0.1) is 0 Å². The maximum absolute atomic E-state index is 12.3. The summed E-state index contributed by atoms with van der Waals surface area (Å²) in [4.78, 5) is 14.6. The van der Waals surface area contributed by atoms with E-state index >= 15 is 0 Å². The molecule has 128 valence electrons. The van der Waals surface area contributed by atoms with Crippen LogP contribution in [-0.4, -0.2) is 24.0 Å². The number of hydrogen-bond acceptors (Lipinski definition) is 3. The van der Waals surface area contributed by atoms with Gasteiger partial charge < -0.3 is 4.74 Å². The normalized spacial score (nSPS) is 11.5. The molecule has 0 radical (unpaired) electrons. The molecule has 0 fully saturated rings. The number of benzene rings is 2. The van der Waals surface area contributed by atoms with Crippen molar-refractivity contribution in [2.45, 2.75) is 33.9 Å². The Balaban J connectivity index is 2.14. The number of nitrogens with zero attached hydrogens (tertiary/aromatic N) is 1. The van der Waals surface area contributed by atoms with Crippen molar-refractivity contribution in [1.82, 2.24) is 4.90 Å². The molecule has 3 nitrogen and oxygen atoms in total. The maximum Gasteiger partial charge on any atom is 0.312 e. The highest BCUT2D eigenvalue weighted by atomic mass is 16.5. The Hall–Kier alpha value is -2.13. The van der Waals surface area contributed by atoms with E-state index < -0.39 is 5.41 Å². The molecule has 0 saturated carbocycles. The lowest BCUT2D eigenvalue weighted by atomic mass is 9.92. The van der Waals surface area contributed by atoms with Gasteiger partial charge in [0.05, 0.1) is 12.0 Å². The van der Waals surface area contributed by atoms with Gasteiger partial charge in [0.2, 0.25) is 0 Å². The van der Waals surface area contributed by atoms with Gasteiger partial charge in [0.1, 0.15) is 0 Å². The van der Waals surface area contributed by atoms with E-state index in [0.29, 0.717) is 13.2 Å². The Morgan fingerprint density at radius 3 is 1.79 bits per heavy atom. The fourth-order valence-corrected chi connectivity index (χ4v) is 2.80.